The number of nitrogens with zero attached hydrogens (tertiary/aromatic N) is 1. The zero-order valence-corrected chi connectivity index (χ0v) is 10.1. The summed E-state index contributed by atoms with van der Waals surface area (Å²) < 4.78 is 0. The van der Waals surface area contributed by atoms with Crippen LogP contribution in [0.4, 0.5) is 0 Å². The number of nitriles is 1. The summed E-state index contributed by atoms with van der Waals surface area (Å²) in [6.45, 7) is 0. The van der Waals surface area contributed by atoms with Crippen LogP contribution < -0.4 is 0 Å². The van der Waals surface area contributed by atoms with E-state index in [4.69, 9.17) is 11.6 Å². The summed E-state index contributed by atoms with van der Waals surface area (Å²) in [5.41, 5.74) is 2.19. The molecule has 0 saturated carbocycles. The average Bonchev–Trinajstić information content (AvgIpc) is 2.39. The van der Waals surface area contributed by atoms with Gasteiger partial charge in [-0.25, -0.2) is 0 Å². The molecular formula is C15H12ClN. The molecule has 0 aliphatic carbocycles. The van der Waals surface area contributed by atoms with Crippen LogP contribution in [0.25, 0.3) is 0 Å². The highest BCUT2D eigenvalue weighted by atomic mass is 35.5. The average molecular weight is 242 g/mol. The molecule has 2 heteroatoms. The molecular weight excluding hydrogens is 230 g/mol. The molecule has 17 heavy (non-hydrogen) atoms. The van der Waals surface area contributed by atoms with Crippen molar-refractivity contribution in [2.24, 2.45) is 0 Å². The zero-order chi connectivity index (χ0) is 12.1. The van der Waals surface area contributed by atoms with Crippen molar-refractivity contribution < 1.29 is 0 Å². The first-order valence-electron chi connectivity index (χ1n) is 5.48. The van der Waals surface area contributed by atoms with E-state index in [0.29, 0.717) is 0 Å². The number of benzene rings is 2. The molecule has 0 radical (unpaired) electrons. The summed E-state index contributed by atoms with van der Waals surface area (Å²) in [4.78, 5) is 0. The van der Waals surface area contributed by atoms with Crippen molar-refractivity contribution in [2.75, 3.05) is 0 Å². The minimum atomic E-state index is -0.0997. The minimum Gasteiger partial charge on any atom is -0.198 e. The van der Waals surface area contributed by atoms with Crippen LogP contribution in [0.1, 0.15) is 17.0 Å². The second kappa shape index (κ2) is 5.52. The Kier molecular flexibility index (Phi) is 3.80. The van der Waals surface area contributed by atoms with Gasteiger partial charge in [0.1, 0.15) is 0 Å². The molecule has 0 N–H and O–H groups in total. The van der Waals surface area contributed by atoms with Gasteiger partial charge >= 0.3 is 0 Å². The van der Waals surface area contributed by atoms with Gasteiger partial charge in [-0.3, -0.25) is 0 Å². The fraction of sp³-hybridized carbons (Fsp3) is 0.133. The van der Waals surface area contributed by atoms with Crippen molar-refractivity contribution in [2.45, 2.75) is 12.3 Å². The van der Waals surface area contributed by atoms with Crippen molar-refractivity contribution in [3.05, 3.63) is 70.7 Å². The lowest BCUT2D eigenvalue weighted by atomic mass is 9.93. The largest absolute Gasteiger partial charge is 0.198 e. The highest BCUT2D eigenvalue weighted by Crippen LogP contribution is 2.21. The highest BCUT2D eigenvalue weighted by molar-refractivity contribution is 6.30. The van der Waals surface area contributed by atoms with E-state index in [0.717, 1.165) is 22.6 Å². The summed E-state index contributed by atoms with van der Waals surface area (Å²) in [6.07, 6.45) is 0.720. The van der Waals surface area contributed by atoms with Crippen LogP contribution in [0, 0.1) is 11.3 Å². The smallest absolute Gasteiger partial charge is 0.0753 e. The van der Waals surface area contributed by atoms with E-state index in [9.17, 15) is 5.26 Å². The maximum atomic E-state index is 9.22. The van der Waals surface area contributed by atoms with Crippen molar-refractivity contribution in [1.82, 2.24) is 0 Å². The normalized spacial score (nSPS) is 11.8. The topological polar surface area (TPSA) is 23.8 Å². The Morgan fingerprint density at radius 3 is 2.24 bits per heavy atom. The lowest BCUT2D eigenvalue weighted by Gasteiger charge is -2.09. The first kappa shape index (κ1) is 11.7. The van der Waals surface area contributed by atoms with Crippen molar-refractivity contribution in [3.63, 3.8) is 0 Å². The van der Waals surface area contributed by atoms with E-state index in [1.165, 1.54) is 0 Å². The predicted molar refractivity (Wildman–Crippen MR) is 70.0 cm³/mol. The van der Waals surface area contributed by atoms with Crippen LogP contribution in [0.2, 0.25) is 5.02 Å². The fourth-order valence-electron chi connectivity index (χ4n) is 1.78. The molecule has 0 aromatic heterocycles. The van der Waals surface area contributed by atoms with Crippen molar-refractivity contribution in [3.8, 4) is 6.07 Å². The third kappa shape index (κ3) is 3.09. The lowest BCUT2D eigenvalue weighted by molar-refractivity contribution is 0.849. The van der Waals surface area contributed by atoms with Gasteiger partial charge in [0.25, 0.3) is 0 Å². The maximum absolute atomic E-state index is 9.22. The third-order valence-electron chi connectivity index (χ3n) is 2.71. The Labute approximate surface area is 106 Å². The molecule has 0 spiro atoms. The fourth-order valence-corrected chi connectivity index (χ4v) is 1.91. The van der Waals surface area contributed by atoms with Crippen LogP contribution in [-0.4, -0.2) is 0 Å². The number of hydrogen-bond donors (Lipinski definition) is 0. The maximum Gasteiger partial charge on any atom is 0.0753 e. The van der Waals surface area contributed by atoms with E-state index in [2.05, 4.69) is 6.07 Å². The molecule has 1 atom stereocenters. The molecule has 0 heterocycles. The van der Waals surface area contributed by atoms with Crippen molar-refractivity contribution in [1.29, 1.82) is 5.26 Å². The zero-order valence-electron chi connectivity index (χ0n) is 9.31. The molecule has 2 rings (SSSR count). The molecule has 0 unspecified atom stereocenters. The van der Waals surface area contributed by atoms with Crippen LogP contribution >= 0.6 is 11.6 Å². The van der Waals surface area contributed by atoms with Gasteiger partial charge in [0.05, 0.1) is 12.0 Å². The lowest BCUT2D eigenvalue weighted by Crippen LogP contribution is -1.99. The van der Waals surface area contributed by atoms with E-state index < -0.39 is 0 Å². The van der Waals surface area contributed by atoms with Crippen molar-refractivity contribution >= 4 is 11.6 Å². The highest BCUT2D eigenvalue weighted by Gasteiger charge is 2.10. The quantitative estimate of drug-likeness (QED) is 0.791. The standard InChI is InChI=1S/C15H12ClN/c16-15-8-6-12(7-9-15)10-14(11-17)13-4-2-1-3-5-13/h1-9,14H,10H2/t14-/m0/s1. The summed E-state index contributed by atoms with van der Waals surface area (Å²) in [5.74, 6) is -0.0997. The van der Waals surface area contributed by atoms with Gasteiger partial charge in [0.2, 0.25) is 0 Å². The SMILES string of the molecule is N#C[C@H](Cc1ccc(Cl)cc1)c1ccccc1. The Morgan fingerprint density at radius 1 is 1.00 bits per heavy atom. The van der Waals surface area contributed by atoms with E-state index in [-0.39, 0.29) is 5.92 Å². The summed E-state index contributed by atoms with van der Waals surface area (Å²) in [6, 6.07) is 19.9. The first-order valence-corrected chi connectivity index (χ1v) is 5.86. The van der Waals surface area contributed by atoms with Crippen LogP contribution in [-0.2, 0) is 6.42 Å². The molecule has 0 amide bonds. The molecule has 0 aliphatic rings. The Hall–Kier alpha value is -1.78. The van der Waals surface area contributed by atoms with E-state index >= 15 is 0 Å². The molecule has 2 aromatic rings. The summed E-state index contributed by atoms with van der Waals surface area (Å²) in [5, 5.41) is 9.94. The van der Waals surface area contributed by atoms with Gasteiger partial charge in [-0.2, -0.15) is 5.26 Å². The minimum absolute atomic E-state index is 0.0997. The van der Waals surface area contributed by atoms with E-state index in [1.807, 2.05) is 54.6 Å². The molecule has 1 nitrogen and oxygen atoms in total. The number of rotatable bonds is 3. The Balaban J connectivity index is 2.17. The summed E-state index contributed by atoms with van der Waals surface area (Å²) >= 11 is 5.83. The monoisotopic (exact) mass is 241 g/mol. The van der Waals surface area contributed by atoms with Gasteiger partial charge in [-0.1, -0.05) is 54.1 Å². The second-order valence-corrected chi connectivity index (χ2v) is 4.36. The van der Waals surface area contributed by atoms with Gasteiger partial charge < -0.3 is 0 Å². The molecule has 84 valence electrons. The molecule has 2 aromatic carbocycles. The number of hydrogen-bond acceptors (Lipinski definition) is 1. The first-order chi connectivity index (χ1) is 8.29. The third-order valence-corrected chi connectivity index (χ3v) is 2.96. The predicted octanol–water partition coefficient (Wildman–Crippen LogP) is 4.19. The van der Waals surface area contributed by atoms with Crippen LogP contribution in [0.5, 0.6) is 0 Å². The summed E-state index contributed by atoms with van der Waals surface area (Å²) in [7, 11) is 0. The Bertz CT molecular complexity index is 511. The molecule has 0 saturated heterocycles. The van der Waals surface area contributed by atoms with Gasteiger partial charge in [0, 0.05) is 5.02 Å². The van der Waals surface area contributed by atoms with Crippen LogP contribution in [0.15, 0.2) is 54.6 Å². The van der Waals surface area contributed by atoms with Crippen LogP contribution in [0.3, 0.4) is 0 Å². The van der Waals surface area contributed by atoms with Gasteiger partial charge in [-0.05, 0) is 29.7 Å². The molecule has 0 fully saturated rings. The second-order valence-electron chi connectivity index (χ2n) is 3.92. The Morgan fingerprint density at radius 2 is 1.65 bits per heavy atom. The van der Waals surface area contributed by atoms with Gasteiger partial charge in [0.15, 0.2) is 0 Å². The molecule has 0 aliphatic heterocycles. The van der Waals surface area contributed by atoms with E-state index in [1.54, 1.807) is 0 Å². The van der Waals surface area contributed by atoms with Gasteiger partial charge in [-0.15, -0.1) is 0 Å². The number of halogens is 1. The molecule has 0 bridgehead atoms.